The summed E-state index contributed by atoms with van der Waals surface area (Å²) in [5.74, 6) is 1.17. The van der Waals surface area contributed by atoms with Crippen molar-refractivity contribution in [2.75, 3.05) is 13.2 Å². The molecule has 0 bridgehead atoms. The standard InChI is InChI=1S/C17H15BrN2O3S/c18-13-6-2-1-5-12(13)16(21)20-17(24)19-9-11-10-22-14-7-3-4-8-15(14)23-11/h1-8,11H,9-10H2,(H2,19,20,21,24). The molecule has 0 radical (unpaired) electrons. The minimum Gasteiger partial charge on any atom is -0.486 e. The van der Waals surface area contributed by atoms with Gasteiger partial charge in [0.05, 0.1) is 12.1 Å². The molecule has 0 saturated heterocycles. The molecule has 2 aromatic rings. The fourth-order valence-electron chi connectivity index (χ4n) is 2.23. The van der Waals surface area contributed by atoms with Crippen molar-refractivity contribution in [3.63, 3.8) is 0 Å². The SMILES string of the molecule is O=C(NC(=S)NCC1COc2ccccc2O1)c1ccccc1Br. The molecule has 24 heavy (non-hydrogen) atoms. The lowest BCUT2D eigenvalue weighted by Gasteiger charge is -2.26. The van der Waals surface area contributed by atoms with Crippen LogP contribution in [0.1, 0.15) is 10.4 Å². The third kappa shape index (κ3) is 4.04. The largest absolute Gasteiger partial charge is 0.486 e. The number of amides is 1. The maximum atomic E-state index is 12.2. The van der Waals surface area contributed by atoms with E-state index in [2.05, 4.69) is 26.6 Å². The highest BCUT2D eigenvalue weighted by Crippen LogP contribution is 2.30. The van der Waals surface area contributed by atoms with Crippen molar-refractivity contribution >= 4 is 39.2 Å². The zero-order valence-corrected chi connectivity index (χ0v) is 15.0. The van der Waals surface area contributed by atoms with Gasteiger partial charge in [-0.25, -0.2) is 0 Å². The van der Waals surface area contributed by atoms with Crippen LogP contribution in [-0.2, 0) is 0 Å². The molecule has 7 heteroatoms. The number of rotatable bonds is 3. The predicted octanol–water partition coefficient (Wildman–Crippen LogP) is 2.89. The van der Waals surface area contributed by atoms with Crippen LogP contribution in [0.3, 0.4) is 0 Å². The van der Waals surface area contributed by atoms with E-state index in [1.807, 2.05) is 30.3 Å². The van der Waals surface area contributed by atoms with E-state index in [1.54, 1.807) is 18.2 Å². The average molecular weight is 407 g/mol. The van der Waals surface area contributed by atoms with Crippen LogP contribution in [0.4, 0.5) is 0 Å². The normalized spacial score (nSPS) is 15.5. The van der Waals surface area contributed by atoms with Crippen LogP contribution in [-0.4, -0.2) is 30.3 Å². The van der Waals surface area contributed by atoms with Gasteiger partial charge in [0.2, 0.25) is 0 Å². The first-order valence-electron chi connectivity index (χ1n) is 7.35. The van der Waals surface area contributed by atoms with Crippen molar-refractivity contribution in [2.24, 2.45) is 0 Å². The molecule has 0 aliphatic carbocycles. The van der Waals surface area contributed by atoms with Crippen molar-refractivity contribution in [2.45, 2.75) is 6.10 Å². The lowest BCUT2D eigenvalue weighted by Crippen LogP contribution is -2.46. The number of hydrogen-bond donors (Lipinski definition) is 2. The highest BCUT2D eigenvalue weighted by molar-refractivity contribution is 9.10. The zero-order chi connectivity index (χ0) is 16.9. The summed E-state index contributed by atoms with van der Waals surface area (Å²) in [7, 11) is 0. The fraction of sp³-hybridized carbons (Fsp3) is 0.176. The zero-order valence-electron chi connectivity index (χ0n) is 12.6. The van der Waals surface area contributed by atoms with Crippen molar-refractivity contribution in [1.82, 2.24) is 10.6 Å². The number of benzene rings is 2. The van der Waals surface area contributed by atoms with Gasteiger partial charge in [-0.3, -0.25) is 10.1 Å². The molecule has 1 unspecified atom stereocenters. The van der Waals surface area contributed by atoms with Crippen LogP contribution in [0.2, 0.25) is 0 Å². The molecule has 0 spiro atoms. The predicted molar refractivity (Wildman–Crippen MR) is 98.6 cm³/mol. The van der Waals surface area contributed by atoms with Crippen LogP contribution in [0, 0.1) is 0 Å². The van der Waals surface area contributed by atoms with E-state index in [0.29, 0.717) is 28.9 Å². The minimum absolute atomic E-state index is 0.182. The van der Waals surface area contributed by atoms with Crippen molar-refractivity contribution in [1.29, 1.82) is 0 Å². The van der Waals surface area contributed by atoms with Gasteiger partial charge in [-0.2, -0.15) is 0 Å². The summed E-state index contributed by atoms with van der Waals surface area (Å²) in [4.78, 5) is 12.2. The average Bonchev–Trinajstić information content (AvgIpc) is 2.60. The van der Waals surface area contributed by atoms with E-state index in [0.717, 1.165) is 5.75 Å². The monoisotopic (exact) mass is 406 g/mol. The van der Waals surface area contributed by atoms with E-state index >= 15 is 0 Å². The Balaban J connectivity index is 1.50. The molecule has 1 amide bonds. The first-order valence-corrected chi connectivity index (χ1v) is 8.56. The van der Waals surface area contributed by atoms with Crippen molar-refractivity contribution in [3.8, 4) is 11.5 Å². The second-order valence-electron chi connectivity index (χ2n) is 5.14. The lowest BCUT2D eigenvalue weighted by atomic mass is 10.2. The molecule has 124 valence electrons. The van der Waals surface area contributed by atoms with Gasteiger partial charge in [0.25, 0.3) is 5.91 Å². The molecule has 1 aliphatic rings. The van der Waals surface area contributed by atoms with Gasteiger partial charge in [0.15, 0.2) is 16.6 Å². The quantitative estimate of drug-likeness (QED) is 0.767. The molecule has 2 N–H and O–H groups in total. The first kappa shape index (κ1) is 16.7. The molecule has 0 saturated carbocycles. The van der Waals surface area contributed by atoms with Gasteiger partial charge < -0.3 is 14.8 Å². The Kier molecular flexibility index (Phi) is 5.32. The number of carbonyl (C=O) groups excluding carboxylic acids is 1. The number of nitrogens with one attached hydrogen (secondary N) is 2. The number of hydrogen-bond acceptors (Lipinski definition) is 4. The molecule has 0 fully saturated rings. The number of ether oxygens (including phenoxy) is 2. The Morgan fingerprint density at radius 1 is 1.17 bits per heavy atom. The Morgan fingerprint density at radius 3 is 2.67 bits per heavy atom. The highest BCUT2D eigenvalue weighted by atomic mass is 79.9. The van der Waals surface area contributed by atoms with Gasteiger partial charge in [0, 0.05) is 4.47 Å². The van der Waals surface area contributed by atoms with Crippen LogP contribution in [0.5, 0.6) is 11.5 Å². The number of fused-ring (bicyclic) bond motifs is 1. The van der Waals surface area contributed by atoms with Gasteiger partial charge >= 0.3 is 0 Å². The van der Waals surface area contributed by atoms with E-state index in [-0.39, 0.29) is 17.1 Å². The second-order valence-corrected chi connectivity index (χ2v) is 6.40. The maximum absolute atomic E-state index is 12.2. The first-order chi connectivity index (χ1) is 11.6. The molecule has 5 nitrogen and oxygen atoms in total. The Labute approximate surface area is 153 Å². The summed E-state index contributed by atoms with van der Waals surface area (Å²) < 4.78 is 12.2. The third-order valence-electron chi connectivity index (χ3n) is 3.40. The number of para-hydroxylation sites is 2. The molecule has 1 heterocycles. The summed E-state index contributed by atoms with van der Waals surface area (Å²) in [5, 5.41) is 5.88. The van der Waals surface area contributed by atoms with E-state index in [1.165, 1.54) is 0 Å². The van der Waals surface area contributed by atoms with Gasteiger partial charge in [0.1, 0.15) is 12.7 Å². The number of halogens is 1. The van der Waals surface area contributed by atoms with Crippen molar-refractivity contribution < 1.29 is 14.3 Å². The third-order valence-corrected chi connectivity index (χ3v) is 4.34. The summed E-state index contributed by atoms with van der Waals surface area (Å²) >= 11 is 8.51. The van der Waals surface area contributed by atoms with Crippen LogP contribution in [0.15, 0.2) is 53.0 Å². The van der Waals surface area contributed by atoms with Crippen LogP contribution < -0.4 is 20.1 Å². The van der Waals surface area contributed by atoms with E-state index in [9.17, 15) is 4.79 Å². The highest BCUT2D eigenvalue weighted by Gasteiger charge is 2.21. The molecular weight excluding hydrogens is 392 g/mol. The fourth-order valence-corrected chi connectivity index (χ4v) is 2.87. The summed E-state index contributed by atoms with van der Waals surface area (Å²) in [6.45, 7) is 0.855. The molecule has 1 atom stereocenters. The molecular formula is C17H15BrN2O3S. The summed E-state index contributed by atoms with van der Waals surface area (Å²) in [6, 6.07) is 14.7. The molecule has 0 aromatic heterocycles. The maximum Gasteiger partial charge on any atom is 0.258 e. The summed E-state index contributed by atoms with van der Waals surface area (Å²) in [6.07, 6.45) is -0.182. The van der Waals surface area contributed by atoms with Crippen LogP contribution >= 0.6 is 28.1 Å². The van der Waals surface area contributed by atoms with Gasteiger partial charge in [-0.05, 0) is 52.4 Å². The smallest absolute Gasteiger partial charge is 0.258 e. The minimum atomic E-state index is -0.272. The molecule has 2 aromatic carbocycles. The Morgan fingerprint density at radius 2 is 1.88 bits per heavy atom. The lowest BCUT2D eigenvalue weighted by molar-refractivity contribution is 0.0928. The number of thiocarbonyl (C=S) groups is 1. The van der Waals surface area contributed by atoms with Gasteiger partial charge in [-0.1, -0.05) is 24.3 Å². The van der Waals surface area contributed by atoms with Crippen LogP contribution in [0.25, 0.3) is 0 Å². The van der Waals surface area contributed by atoms with Crippen molar-refractivity contribution in [3.05, 3.63) is 58.6 Å². The molecule has 1 aliphatic heterocycles. The van der Waals surface area contributed by atoms with E-state index < -0.39 is 0 Å². The van der Waals surface area contributed by atoms with E-state index in [4.69, 9.17) is 21.7 Å². The Hall–Kier alpha value is -2.12. The molecule has 3 rings (SSSR count). The summed E-state index contributed by atoms with van der Waals surface area (Å²) in [5.41, 5.74) is 0.521. The second kappa shape index (κ2) is 7.63. The topological polar surface area (TPSA) is 59.6 Å². The number of carbonyl (C=O) groups is 1. The van der Waals surface area contributed by atoms with Gasteiger partial charge in [-0.15, -0.1) is 0 Å². The Bertz CT molecular complexity index is 769.